The number of nitrogens with zero attached hydrogens (tertiary/aromatic N) is 2. The van der Waals surface area contributed by atoms with Crippen LogP contribution in [-0.4, -0.2) is 47.2 Å². The highest BCUT2D eigenvalue weighted by molar-refractivity contribution is 6.03. The minimum absolute atomic E-state index is 0.0133. The summed E-state index contributed by atoms with van der Waals surface area (Å²) in [5.41, 5.74) is 0. The summed E-state index contributed by atoms with van der Waals surface area (Å²) in [6, 6.07) is 0. The fraction of sp³-hybridized carbons (Fsp3) is 0.870. The Balaban J connectivity index is 0.000000921. The van der Waals surface area contributed by atoms with Gasteiger partial charge in [-0.1, -0.05) is 41.5 Å². The van der Waals surface area contributed by atoms with Crippen LogP contribution in [0, 0.1) is 23.7 Å². The summed E-state index contributed by atoms with van der Waals surface area (Å²) in [5, 5.41) is 0. The third kappa shape index (κ3) is 6.31. The maximum Gasteiger partial charge on any atom is 0.232 e. The van der Waals surface area contributed by atoms with Crippen molar-refractivity contribution in [3.63, 3.8) is 0 Å². The van der Waals surface area contributed by atoms with E-state index >= 15 is 0 Å². The van der Waals surface area contributed by atoms with E-state index in [1.54, 1.807) is 0 Å². The standard InChI is InChI=1S/C19H30N2O3.2C2H6/c1-13-7-9-20(10-8-13)19(24)16-5-3-15(4-6-16)12-21-17(22)11-14(2)18(21)23;2*1-2/h13-16H,3-12H2,1-2H3;2*1-2H3. The number of piperidine rings is 1. The van der Waals surface area contributed by atoms with Gasteiger partial charge in [-0.05, 0) is 50.4 Å². The second-order valence-electron chi connectivity index (χ2n) is 8.17. The van der Waals surface area contributed by atoms with E-state index in [2.05, 4.69) is 11.8 Å². The van der Waals surface area contributed by atoms with E-state index in [-0.39, 0.29) is 23.7 Å². The van der Waals surface area contributed by atoms with Gasteiger partial charge in [0.15, 0.2) is 0 Å². The minimum atomic E-state index is -0.156. The van der Waals surface area contributed by atoms with Crippen LogP contribution in [0.25, 0.3) is 0 Å². The molecule has 1 atom stereocenters. The molecule has 1 aliphatic carbocycles. The summed E-state index contributed by atoms with van der Waals surface area (Å²) in [5.74, 6) is 1.41. The molecule has 162 valence electrons. The van der Waals surface area contributed by atoms with Gasteiger partial charge in [-0.25, -0.2) is 0 Å². The third-order valence-electron chi connectivity index (χ3n) is 6.20. The lowest BCUT2D eigenvalue weighted by atomic mass is 9.80. The van der Waals surface area contributed by atoms with Crippen LogP contribution in [0.15, 0.2) is 0 Å². The maximum atomic E-state index is 12.7. The van der Waals surface area contributed by atoms with E-state index in [1.807, 2.05) is 34.6 Å². The minimum Gasteiger partial charge on any atom is -0.342 e. The zero-order chi connectivity index (χ0) is 21.3. The van der Waals surface area contributed by atoms with Crippen molar-refractivity contribution in [3.8, 4) is 0 Å². The summed E-state index contributed by atoms with van der Waals surface area (Å²) in [6.07, 6.45) is 6.32. The van der Waals surface area contributed by atoms with Gasteiger partial charge in [-0.2, -0.15) is 0 Å². The SMILES string of the molecule is CC.CC.CC1CCN(C(=O)C2CCC(CN3C(=O)CC(C)C3=O)CC2)CC1. The molecule has 0 radical (unpaired) electrons. The molecule has 0 aromatic carbocycles. The predicted octanol–water partition coefficient (Wildman–Crippen LogP) is 4.50. The Hall–Kier alpha value is -1.39. The Morgan fingerprint density at radius 3 is 1.89 bits per heavy atom. The number of hydrogen-bond donors (Lipinski definition) is 0. The summed E-state index contributed by atoms with van der Waals surface area (Å²) in [4.78, 5) is 40.1. The van der Waals surface area contributed by atoms with Crippen molar-refractivity contribution in [3.05, 3.63) is 0 Å². The molecular formula is C23H42N2O3. The molecule has 0 bridgehead atoms. The van der Waals surface area contributed by atoms with Gasteiger partial charge < -0.3 is 4.90 Å². The number of amides is 3. The first-order valence-corrected chi connectivity index (χ1v) is 11.6. The number of rotatable bonds is 3. The monoisotopic (exact) mass is 394 g/mol. The zero-order valence-corrected chi connectivity index (χ0v) is 19.0. The van der Waals surface area contributed by atoms with Gasteiger partial charge in [-0.3, -0.25) is 19.3 Å². The number of carbonyl (C=O) groups excluding carboxylic acids is 3. The fourth-order valence-corrected chi connectivity index (χ4v) is 4.38. The molecule has 2 aliphatic heterocycles. The summed E-state index contributed by atoms with van der Waals surface area (Å²) < 4.78 is 0. The van der Waals surface area contributed by atoms with Crippen molar-refractivity contribution in [1.29, 1.82) is 0 Å². The molecule has 3 fully saturated rings. The van der Waals surface area contributed by atoms with Crippen molar-refractivity contribution >= 4 is 17.7 Å². The van der Waals surface area contributed by atoms with Gasteiger partial charge in [0, 0.05) is 37.9 Å². The topological polar surface area (TPSA) is 57.7 Å². The first-order valence-electron chi connectivity index (χ1n) is 11.6. The number of hydrogen-bond acceptors (Lipinski definition) is 3. The smallest absolute Gasteiger partial charge is 0.232 e. The van der Waals surface area contributed by atoms with E-state index in [1.165, 1.54) is 4.90 Å². The second kappa shape index (κ2) is 12.2. The van der Waals surface area contributed by atoms with Crippen LogP contribution >= 0.6 is 0 Å². The zero-order valence-electron chi connectivity index (χ0n) is 19.0. The lowest BCUT2D eigenvalue weighted by molar-refractivity contribution is -0.142. The molecule has 1 saturated carbocycles. The molecule has 2 heterocycles. The second-order valence-corrected chi connectivity index (χ2v) is 8.17. The largest absolute Gasteiger partial charge is 0.342 e. The van der Waals surface area contributed by atoms with E-state index in [0.29, 0.717) is 24.8 Å². The molecule has 0 aromatic rings. The third-order valence-corrected chi connectivity index (χ3v) is 6.20. The summed E-state index contributed by atoms with van der Waals surface area (Å²) in [7, 11) is 0. The van der Waals surface area contributed by atoms with Gasteiger partial charge >= 0.3 is 0 Å². The van der Waals surface area contributed by atoms with Crippen LogP contribution in [0.4, 0.5) is 0 Å². The summed E-state index contributed by atoms with van der Waals surface area (Å²) >= 11 is 0. The van der Waals surface area contributed by atoms with Crippen molar-refractivity contribution in [1.82, 2.24) is 9.80 Å². The molecule has 0 spiro atoms. The first-order chi connectivity index (χ1) is 13.5. The average Bonchev–Trinajstić information content (AvgIpc) is 2.97. The van der Waals surface area contributed by atoms with Crippen LogP contribution in [0.3, 0.4) is 0 Å². The lowest BCUT2D eigenvalue weighted by Crippen LogP contribution is -2.43. The molecule has 3 rings (SSSR count). The molecule has 3 aliphatic rings. The molecule has 2 saturated heterocycles. The van der Waals surface area contributed by atoms with E-state index in [9.17, 15) is 14.4 Å². The van der Waals surface area contributed by atoms with E-state index in [0.717, 1.165) is 57.5 Å². The predicted molar refractivity (Wildman–Crippen MR) is 114 cm³/mol. The van der Waals surface area contributed by atoms with Crippen molar-refractivity contribution in [2.75, 3.05) is 19.6 Å². The lowest BCUT2D eigenvalue weighted by Gasteiger charge is -2.36. The Kier molecular flexibility index (Phi) is 10.8. The molecule has 5 heteroatoms. The van der Waals surface area contributed by atoms with Crippen molar-refractivity contribution < 1.29 is 14.4 Å². The molecular weight excluding hydrogens is 352 g/mol. The molecule has 0 N–H and O–H groups in total. The molecule has 3 amide bonds. The first kappa shape index (κ1) is 24.6. The fourth-order valence-electron chi connectivity index (χ4n) is 4.38. The molecule has 1 unspecified atom stereocenters. The maximum absolute atomic E-state index is 12.7. The number of imide groups is 1. The molecule has 0 aromatic heterocycles. The van der Waals surface area contributed by atoms with Gasteiger partial charge in [-0.15, -0.1) is 0 Å². The number of carbonyl (C=O) groups is 3. The van der Waals surface area contributed by atoms with Crippen LogP contribution < -0.4 is 0 Å². The van der Waals surface area contributed by atoms with Gasteiger partial charge in [0.25, 0.3) is 0 Å². The van der Waals surface area contributed by atoms with Gasteiger partial charge in [0.05, 0.1) is 0 Å². The van der Waals surface area contributed by atoms with Gasteiger partial charge in [0.1, 0.15) is 0 Å². The molecule has 5 nitrogen and oxygen atoms in total. The van der Waals surface area contributed by atoms with E-state index < -0.39 is 0 Å². The van der Waals surface area contributed by atoms with Crippen LogP contribution in [0.5, 0.6) is 0 Å². The molecule has 28 heavy (non-hydrogen) atoms. The number of likely N-dealkylation sites (tertiary alicyclic amines) is 2. The average molecular weight is 395 g/mol. The Labute approximate surface area is 172 Å². The Morgan fingerprint density at radius 2 is 1.43 bits per heavy atom. The quantitative estimate of drug-likeness (QED) is 0.662. The van der Waals surface area contributed by atoms with Crippen LogP contribution in [0.2, 0.25) is 0 Å². The summed E-state index contributed by atoms with van der Waals surface area (Å²) in [6.45, 7) is 14.5. The van der Waals surface area contributed by atoms with Crippen molar-refractivity contribution in [2.45, 2.75) is 86.5 Å². The Morgan fingerprint density at radius 1 is 0.893 bits per heavy atom. The van der Waals surface area contributed by atoms with Crippen LogP contribution in [0.1, 0.15) is 86.5 Å². The van der Waals surface area contributed by atoms with Gasteiger partial charge in [0.2, 0.25) is 17.7 Å². The highest BCUT2D eigenvalue weighted by atomic mass is 16.2. The Bertz CT molecular complexity index is 504. The van der Waals surface area contributed by atoms with Crippen LogP contribution in [-0.2, 0) is 14.4 Å². The van der Waals surface area contributed by atoms with Crippen molar-refractivity contribution in [2.24, 2.45) is 23.7 Å². The highest BCUT2D eigenvalue weighted by Gasteiger charge is 2.38. The van der Waals surface area contributed by atoms with E-state index in [4.69, 9.17) is 0 Å². The normalized spacial score (nSPS) is 28.3. The highest BCUT2D eigenvalue weighted by Crippen LogP contribution is 2.33.